The number of nitrogens with two attached hydrogens (primary N) is 1. The zero-order valence-electron chi connectivity index (χ0n) is 9.67. The van der Waals surface area contributed by atoms with Crippen LogP contribution < -0.4 is 5.73 Å². The molecule has 0 bridgehead atoms. The minimum Gasteiger partial charge on any atom is -0.461 e. The molecule has 0 amide bonds. The number of carbonyl (C=O) groups excluding carboxylic acids is 1. The first-order valence-electron chi connectivity index (χ1n) is 5.17. The Morgan fingerprint density at radius 2 is 2.24 bits per heavy atom. The average molecular weight is 244 g/mol. The second-order valence-corrected chi connectivity index (χ2v) is 3.40. The Kier molecular flexibility index (Phi) is 4.51. The van der Waals surface area contributed by atoms with Crippen LogP contribution in [0, 0.1) is 6.92 Å². The van der Waals surface area contributed by atoms with Crippen molar-refractivity contribution in [3.8, 4) is 0 Å². The Bertz CT molecular complexity index is 422. The van der Waals surface area contributed by atoms with Crippen molar-refractivity contribution < 1.29 is 18.3 Å². The van der Waals surface area contributed by atoms with Crippen LogP contribution in [0.15, 0.2) is 6.07 Å². The lowest BCUT2D eigenvalue weighted by atomic mass is 10.1. The molecule has 0 aliphatic heterocycles. The highest BCUT2D eigenvalue weighted by atomic mass is 19.3. The van der Waals surface area contributed by atoms with Crippen molar-refractivity contribution >= 4 is 5.97 Å². The van der Waals surface area contributed by atoms with E-state index < -0.39 is 18.1 Å². The fourth-order valence-electron chi connectivity index (χ4n) is 1.42. The molecule has 0 aliphatic rings. The highest BCUT2D eigenvalue weighted by Gasteiger charge is 2.19. The molecule has 0 fully saturated rings. The van der Waals surface area contributed by atoms with Crippen LogP contribution in [0.3, 0.4) is 0 Å². The van der Waals surface area contributed by atoms with E-state index in [0.29, 0.717) is 11.1 Å². The van der Waals surface area contributed by atoms with Gasteiger partial charge < -0.3 is 10.5 Å². The first-order chi connectivity index (χ1) is 8.01. The van der Waals surface area contributed by atoms with Gasteiger partial charge in [-0.25, -0.2) is 18.6 Å². The molecule has 17 heavy (non-hydrogen) atoms. The van der Waals surface area contributed by atoms with Gasteiger partial charge in [0.25, 0.3) is 6.43 Å². The lowest BCUT2D eigenvalue weighted by Crippen LogP contribution is -2.13. The van der Waals surface area contributed by atoms with Crippen molar-refractivity contribution in [3.63, 3.8) is 0 Å². The van der Waals surface area contributed by atoms with Crippen molar-refractivity contribution in [3.05, 3.63) is 28.6 Å². The van der Waals surface area contributed by atoms with Gasteiger partial charge >= 0.3 is 5.97 Å². The van der Waals surface area contributed by atoms with E-state index in [-0.39, 0.29) is 18.8 Å². The fourth-order valence-corrected chi connectivity index (χ4v) is 1.42. The van der Waals surface area contributed by atoms with Crippen LogP contribution in [0.25, 0.3) is 0 Å². The highest BCUT2D eigenvalue weighted by Crippen LogP contribution is 2.23. The van der Waals surface area contributed by atoms with Gasteiger partial charge in [-0.05, 0) is 31.0 Å². The number of aromatic nitrogens is 1. The van der Waals surface area contributed by atoms with Crippen LogP contribution in [-0.2, 0) is 11.3 Å². The van der Waals surface area contributed by atoms with E-state index in [9.17, 15) is 13.6 Å². The van der Waals surface area contributed by atoms with Gasteiger partial charge in [0.15, 0.2) is 0 Å². The molecule has 4 nitrogen and oxygen atoms in total. The maximum atomic E-state index is 12.7. The van der Waals surface area contributed by atoms with Crippen molar-refractivity contribution in [2.24, 2.45) is 5.73 Å². The van der Waals surface area contributed by atoms with Crippen molar-refractivity contribution in [1.29, 1.82) is 0 Å². The number of rotatable bonds is 4. The van der Waals surface area contributed by atoms with Crippen molar-refractivity contribution in [2.45, 2.75) is 26.8 Å². The Hall–Kier alpha value is -1.56. The second-order valence-electron chi connectivity index (χ2n) is 3.40. The third-order valence-corrected chi connectivity index (χ3v) is 2.33. The third kappa shape index (κ3) is 2.97. The van der Waals surface area contributed by atoms with Crippen LogP contribution >= 0.6 is 0 Å². The SMILES string of the molecule is CCOC(=O)c1cc(CN)c(C)c(C(F)F)n1. The molecule has 0 saturated heterocycles. The summed E-state index contributed by atoms with van der Waals surface area (Å²) in [5.74, 6) is -0.718. The summed E-state index contributed by atoms with van der Waals surface area (Å²) in [5, 5.41) is 0. The molecule has 0 atom stereocenters. The predicted molar refractivity (Wildman–Crippen MR) is 57.8 cm³/mol. The molecule has 0 aromatic carbocycles. The topological polar surface area (TPSA) is 65.2 Å². The monoisotopic (exact) mass is 244 g/mol. The molecule has 1 heterocycles. The zero-order chi connectivity index (χ0) is 13.0. The van der Waals surface area contributed by atoms with Gasteiger partial charge in [0.2, 0.25) is 0 Å². The predicted octanol–water partition coefficient (Wildman–Crippen LogP) is 1.96. The molecule has 94 valence electrons. The Balaban J connectivity index is 3.25. The number of pyridine rings is 1. The molecule has 0 aliphatic carbocycles. The van der Waals surface area contributed by atoms with Gasteiger partial charge in [-0.15, -0.1) is 0 Å². The summed E-state index contributed by atoms with van der Waals surface area (Å²) in [7, 11) is 0. The van der Waals surface area contributed by atoms with Gasteiger partial charge in [0, 0.05) is 6.54 Å². The van der Waals surface area contributed by atoms with E-state index in [2.05, 4.69) is 4.98 Å². The zero-order valence-corrected chi connectivity index (χ0v) is 9.67. The molecular weight excluding hydrogens is 230 g/mol. The average Bonchev–Trinajstić information content (AvgIpc) is 2.29. The summed E-state index contributed by atoms with van der Waals surface area (Å²) in [6.45, 7) is 3.37. The Morgan fingerprint density at radius 1 is 1.59 bits per heavy atom. The Morgan fingerprint density at radius 3 is 2.71 bits per heavy atom. The molecule has 0 radical (unpaired) electrons. The summed E-state index contributed by atoms with van der Waals surface area (Å²) in [6.07, 6.45) is -2.74. The number of hydrogen-bond acceptors (Lipinski definition) is 4. The lowest BCUT2D eigenvalue weighted by Gasteiger charge is -2.11. The molecule has 1 aromatic heterocycles. The number of halogens is 2. The van der Waals surface area contributed by atoms with E-state index in [0.717, 1.165) is 0 Å². The first kappa shape index (κ1) is 13.5. The van der Waals surface area contributed by atoms with Crippen LogP contribution in [0.4, 0.5) is 8.78 Å². The molecule has 1 aromatic rings. The number of esters is 1. The number of hydrogen-bond donors (Lipinski definition) is 1. The van der Waals surface area contributed by atoms with Gasteiger partial charge in [-0.3, -0.25) is 0 Å². The van der Waals surface area contributed by atoms with E-state index in [1.807, 2.05) is 0 Å². The van der Waals surface area contributed by atoms with Crippen LogP contribution in [0.5, 0.6) is 0 Å². The smallest absolute Gasteiger partial charge is 0.356 e. The summed E-state index contributed by atoms with van der Waals surface area (Å²) >= 11 is 0. The standard InChI is InChI=1S/C11H14F2N2O2/c1-3-17-11(16)8-4-7(5-14)6(2)9(15-8)10(12)13/h4,10H,3,5,14H2,1-2H3. The van der Waals surface area contributed by atoms with Gasteiger partial charge in [-0.2, -0.15) is 0 Å². The largest absolute Gasteiger partial charge is 0.461 e. The van der Waals surface area contributed by atoms with E-state index in [1.54, 1.807) is 6.92 Å². The van der Waals surface area contributed by atoms with E-state index in [1.165, 1.54) is 13.0 Å². The van der Waals surface area contributed by atoms with Gasteiger partial charge in [0.05, 0.1) is 6.61 Å². The fraction of sp³-hybridized carbons (Fsp3) is 0.455. The first-order valence-corrected chi connectivity index (χ1v) is 5.17. The second kappa shape index (κ2) is 5.67. The molecule has 0 saturated carbocycles. The number of alkyl halides is 2. The third-order valence-electron chi connectivity index (χ3n) is 2.33. The van der Waals surface area contributed by atoms with Crippen LogP contribution in [0.1, 0.15) is 40.7 Å². The quantitative estimate of drug-likeness (QED) is 0.822. The van der Waals surface area contributed by atoms with Gasteiger partial charge in [0.1, 0.15) is 11.4 Å². The number of carbonyl (C=O) groups is 1. The lowest BCUT2D eigenvalue weighted by molar-refractivity contribution is 0.0517. The minimum absolute atomic E-state index is 0.0699. The highest BCUT2D eigenvalue weighted by molar-refractivity contribution is 5.87. The summed E-state index contributed by atoms with van der Waals surface area (Å²) in [4.78, 5) is 15.0. The molecule has 6 heteroatoms. The molecule has 0 spiro atoms. The van der Waals surface area contributed by atoms with Crippen molar-refractivity contribution in [1.82, 2.24) is 4.98 Å². The normalized spacial score (nSPS) is 10.7. The maximum absolute atomic E-state index is 12.7. The molecular formula is C11H14F2N2O2. The maximum Gasteiger partial charge on any atom is 0.356 e. The van der Waals surface area contributed by atoms with Crippen molar-refractivity contribution in [2.75, 3.05) is 6.61 Å². The summed E-state index contributed by atoms with van der Waals surface area (Å²) < 4.78 is 30.2. The van der Waals surface area contributed by atoms with Gasteiger partial charge in [-0.1, -0.05) is 0 Å². The van der Waals surface area contributed by atoms with E-state index in [4.69, 9.17) is 10.5 Å². The minimum atomic E-state index is -2.74. The summed E-state index contributed by atoms with van der Waals surface area (Å²) in [5.41, 5.74) is 5.67. The molecule has 0 unspecified atom stereocenters. The number of nitrogens with zero attached hydrogens (tertiary/aromatic N) is 1. The van der Waals surface area contributed by atoms with E-state index >= 15 is 0 Å². The van der Waals surface area contributed by atoms with Crippen LogP contribution in [0.2, 0.25) is 0 Å². The summed E-state index contributed by atoms with van der Waals surface area (Å²) in [6, 6.07) is 1.39. The number of ether oxygens (including phenoxy) is 1. The molecule has 1 rings (SSSR count). The Labute approximate surface area is 97.8 Å². The van der Waals surface area contributed by atoms with Crippen LogP contribution in [-0.4, -0.2) is 17.6 Å². The molecule has 2 N–H and O–H groups in total.